The third kappa shape index (κ3) is 3.17. The summed E-state index contributed by atoms with van der Waals surface area (Å²) in [7, 11) is 0. The molecule has 0 spiro atoms. The Hall–Kier alpha value is -3.77. The van der Waals surface area contributed by atoms with Crippen LogP contribution in [0.3, 0.4) is 0 Å². The number of aromatic nitrogens is 4. The van der Waals surface area contributed by atoms with Crippen LogP contribution in [0.5, 0.6) is 0 Å². The molecular weight excluding hydrogens is 395 g/mol. The van der Waals surface area contributed by atoms with Crippen molar-refractivity contribution in [2.45, 2.75) is 19.4 Å². The van der Waals surface area contributed by atoms with Gasteiger partial charge in [0.05, 0.1) is 41.0 Å². The van der Waals surface area contributed by atoms with E-state index in [1.54, 1.807) is 19.9 Å². The fourth-order valence-corrected chi connectivity index (χ4v) is 3.08. The number of rotatable bonds is 3. The van der Waals surface area contributed by atoms with Gasteiger partial charge in [-0.2, -0.15) is 14.9 Å². The molecule has 150 valence electrons. The molecule has 6 nitrogen and oxygen atoms in total. The number of fused-ring (bicyclic) bond motifs is 1. The van der Waals surface area contributed by atoms with Crippen molar-refractivity contribution in [3.8, 4) is 28.5 Å². The maximum Gasteiger partial charge on any atom is 0.251 e. The number of hydrogen-bond acceptors (Lipinski definition) is 5. The average Bonchev–Trinajstić information content (AvgIpc) is 3.11. The molecule has 0 aliphatic heterocycles. The molecule has 0 saturated carbocycles. The van der Waals surface area contributed by atoms with Crippen LogP contribution < -0.4 is 0 Å². The molecule has 0 bridgehead atoms. The molecule has 0 amide bonds. The number of nitrogens with zero attached hydrogens (tertiary/aromatic N) is 5. The van der Waals surface area contributed by atoms with Gasteiger partial charge in [0.2, 0.25) is 0 Å². The largest absolute Gasteiger partial charge is 0.384 e. The van der Waals surface area contributed by atoms with Crippen LogP contribution in [-0.2, 0) is 5.60 Å². The van der Waals surface area contributed by atoms with E-state index in [9.17, 15) is 19.1 Å². The lowest BCUT2D eigenvalue weighted by Crippen LogP contribution is -2.19. The van der Waals surface area contributed by atoms with Crippen molar-refractivity contribution in [2.75, 3.05) is 0 Å². The molecule has 0 unspecified atom stereocenters. The van der Waals surface area contributed by atoms with Crippen LogP contribution >= 0.6 is 0 Å². The van der Waals surface area contributed by atoms with Crippen molar-refractivity contribution < 1.29 is 18.3 Å². The van der Waals surface area contributed by atoms with Gasteiger partial charge in [0.15, 0.2) is 0 Å². The van der Waals surface area contributed by atoms with Crippen molar-refractivity contribution in [1.29, 1.82) is 5.26 Å². The van der Waals surface area contributed by atoms with Gasteiger partial charge >= 0.3 is 0 Å². The van der Waals surface area contributed by atoms with Crippen LogP contribution in [0, 0.1) is 28.8 Å². The lowest BCUT2D eigenvalue weighted by atomic mass is 9.96. The van der Waals surface area contributed by atoms with E-state index < -0.39 is 28.6 Å². The van der Waals surface area contributed by atoms with Gasteiger partial charge in [0.25, 0.3) is 5.78 Å². The van der Waals surface area contributed by atoms with E-state index in [0.717, 1.165) is 24.3 Å². The highest BCUT2D eigenvalue weighted by molar-refractivity contribution is 5.77. The van der Waals surface area contributed by atoms with E-state index in [4.69, 9.17) is 0 Å². The van der Waals surface area contributed by atoms with Crippen molar-refractivity contribution in [2.24, 2.45) is 0 Å². The Morgan fingerprint density at radius 3 is 2.50 bits per heavy atom. The third-order valence-electron chi connectivity index (χ3n) is 4.60. The first-order valence-electron chi connectivity index (χ1n) is 8.82. The van der Waals surface area contributed by atoms with Crippen molar-refractivity contribution in [3.63, 3.8) is 0 Å². The molecule has 0 atom stereocenters. The van der Waals surface area contributed by atoms with E-state index >= 15 is 4.39 Å². The van der Waals surface area contributed by atoms with Gasteiger partial charge in [-0.25, -0.2) is 23.1 Å². The van der Waals surface area contributed by atoms with E-state index in [2.05, 4.69) is 15.1 Å². The van der Waals surface area contributed by atoms with Crippen LogP contribution in [0.1, 0.15) is 25.1 Å². The number of aliphatic hydroxyl groups is 1. The molecule has 4 rings (SSSR count). The molecule has 0 saturated heterocycles. The van der Waals surface area contributed by atoms with E-state index in [-0.39, 0.29) is 33.9 Å². The van der Waals surface area contributed by atoms with E-state index in [1.807, 2.05) is 0 Å². The summed E-state index contributed by atoms with van der Waals surface area (Å²) in [6.07, 6.45) is 2.65. The van der Waals surface area contributed by atoms with Gasteiger partial charge in [0, 0.05) is 11.1 Å². The first-order chi connectivity index (χ1) is 14.2. The standard InChI is InChI=1S/C21H14F3N5O/c1-21(2,30)17-10-27-29-16(9-26-20(29)28-17)14-5-6-15(23)18(19(14)24)13-4-3-12(22)7-11(13)8-25/h3-7,9-10,30H,1-2H3. The SMILES string of the molecule is CC(C)(O)c1cnn2c(-c3ccc(F)c(-c4ccc(F)cc4C#N)c3F)cnc2n1. The zero-order chi connectivity index (χ0) is 21.6. The quantitative estimate of drug-likeness (QED) is 0.553. The van der Waals surface area contributed by atoms with Crippen LogP contribution in [0.15, 0.2) is 42.7 Å². The van der Waals surface area contributed by atoms with Gasteiger partial charge in [-0.1, -0.05) is 0 Å². The first-order valence-corrected chi connectivity index (χ1v) is 8.82. The zero-order valence-corrected chi connectivity index (χ0v) is 15.9. The summed E-state index contributed by atoms with van der Waals surface area (Å²) < 4.78 is 44.7. The fraction of sp³-hybridized carbons (Fsp3) is 0.143. The van der Waals surface area contributed by atoms with Gasteiger partial charge < -0.3 is 5.11 Å². The Balaban J connectivity index is 1.93. The van der Waals surface area contributed by atoms with Gasteiger partial charge in [-0.05, 0) is 44.2 Å². The van der Waals surface area contributed by atoms with Crippen LogP contribution in [0.4, 0.5) is 13.2 Å². The number of imidazole rings is 1. The molecule has 2 aromatic carbocycles. The number of hydrogen-bond donors (Lipinski definition) is 1. The van der Waals surface area contributed by atoms with Gasteiger partial charge in [-0.3, -0.25) is 0 Å². The average molecular weight is 409 g/mol. The number of nitriles is 1. The van der Waals surface area contributed by atoms with E-state index in [1.165, 1.54) is 23.0 Å². The molecule has 2 heterocycles. The van der Waals surface area contributed by atoms with E-state index in [0.29, 0.717) is 0 Å². The number of benzene rings is 2. The summed E-state index contributed by atoms with van der Waals surface area (Å²) in [6, 6.07) is 7.13. The summed E-state index contributed by atoms with van der Waals surface area (Å²) in [5.74, 6) is -2.42. The summed E-state index contributed by atoms with van der Waals surface area (Å²) >= 11 is 0. The molecule has 0 fully saturated rings. The Kier molecular flexibility index (Phi) is 4.51. The monoisotopic (exact) mass is 409 g/mol. The summed E-state index contributed by atoms with van der Waals surface area (Å²) in [5, 5.41) is 23.5. The molecule has 0 aliphatic rings. The highest BCUT2D eigenvalue weighted by atomic mass is 19.1. The van der Waals surface area contributed by atoms with Gasteiger partial charge in [-0.15, -0.1) is 0 Å². The minimum absolute atomic E-state index is 0.0302. The van der Waals surface area contributed by atoms with Crippen LogP contribution in [0.2, 0.25) is 0 Å². The lowest BCUT2D eigenvalue weighted by Gasteiger charge is -2.15. The Morgan fingerprint density at radius 2 is 1.80 bits per heavy atom. The minimum atomic E-state index is -1.24. The molecule has 0 radical (unpaired) electrons. The Morgan fingerprint density at radius 1 is 1.07 bits per heavy atom. The second-order valence-corrected chi connectivity index (χ2v) is 7.14. The van der Waals surface area contributed by atoms with Crippen molar-refractivity contribution in [1.82, 2.24) is 19.6 Å². The lowest BCUT2D eigenvalue weighted by molar-refractivity contribution is 0.0734. The molecular formula is C21H14F3N5O. The topological polar surface area (TPSA) is 87.1 Å². The molecule has 30 heavy (non-hydrogen) atoms. The van der Waals surface area contributed by atoms with Crippen molar-refractivity contribution >= 4 is 5.78 Å². The highest BCUT2D eigenvalue weighted by Crippen LogP contribution is 2.35. The Bertz CT molecular complexity index is 1340. The number of halogens is 3. The normalized spacial score (nSPS) is 11.6. The van der Waals surface area contributed by atoms with Crippen LogP contribution in [-0.4, -0.2) is 24.7 Å². The summed E-state index contributed by atoms with van der Waals surface area (Å²) in [6.45, 7) is 3.08. The summed E-state index contributed by atoms with van der Waals surface area (Å²) in [4.78, 5) is 8.31. The molecule has 9 heteroatoms. The Labute approximate surface area is 168 Å². The summed E-state index contributed by atoms with van der Waals surface area (Å²) in [5.41, 5.74) is -1.53. The van der Waals surface area contributed by atoms with Crippen LogP contribution in [0.25, 0.3) is 28.2 Å². The molecule has 1 N–H and O–H groups in total. The fourth-order valence-electron chi connectivity index (χ4n) is 3.08. The van der Waals surface area contributed by atoms with Crippen molar-refractivity contribution in [3.05, 3.63) is 71.4 Å². The predicted octanol–water partition coefficient (Wildman–Crippen LogP) is 3.97. The molecule has 4 aromatic rings. The van der Waals surface area contributed by atoms with Gasteiger partial charge in [0.1, 0.15) is 23.1 Å². The molecule has 0 aliphatic carbocycles. The predicted molar refractivity (Wildman–Crippen MR) is 101 cm³/mol. The second kappa shape index (κ2) is 6.93. The maximum atomic E-state index is 15.4. The minimum Gasteiger partial charge on any atom is -0.384 e. The smallest absolute Gasteiger partial charge is 0.251 e. The second-order valence-electron chi connectivity index (χ2n) is 7.14. The highest BCUT2D eigenvalue weighted by Gasteiger charge is 2.23. The third-order valence-corrected chi connectivity index (χ3v) is 4.60. The zero-order valence-electron chi connectivity index (χ0n) is 15.9. The molecule has 2 aromatic heterocycles. The maximum absolute atomic E-state index is 15.4. The first kappa shape index (κ1) is 19.5.